The Morgan fingerprint density at radius 3 is 2.76 bits per heavy atom. The molecule has 1 amide bonds. The summed E-state index contributed by atoms with van der Waals surface area (Å²) in [5.74, 6) is -1.80. The van der Waals surface area contributed by atoms with Gasteiger partial charge in [-0.25, -0.2) is 0 Å². The van der Waals surface area contributed by atoms with Gasteiger partial charge >= 0.3 is 5.97 Å². The van der Waals surface area contributed by atoms with Crippen LogP contribution in [0.25, 0.3) is 0 Å². The van der Waals surface area contributed by atoms with Gasteiger partial charge in [-0.2, -0.15) is 0 Å². The summed E-state index contributed by atoms with van der Waals surface area (Å²) in [5.41, 5.74) is 2.16. The van der Waals surface area contributed by atoms with Crippen molar-refractivity contribution in [2.24, 2.45) is 11.8 Å². The Morgan fingerprint density at radius 2 is 2.10 bits per heavy atom. The lowest BCUT2D eigenvalue weighted by Gasteiger charge is -2.26. The molecule has 21 heavy (non-hydrogen) atoms. The molecule has 2 unspecified atom stereocenters. The summed E-state index contributed by atoms with van der Waals surface area (Å²) in [6.45, 7) is 5.22. The molecule has 0 bridgehead atoms. The third-order valence-corrected chi connectivity index (χ3v) is 4.03. The summed E-state index contributed by atoms with van der Waals surface area (Å²) in [6.07, 6.45) is 0. The molecule has 2 rings (SSSR count). The standard InChI is InChI=1S/C16H22N2O3/c1-10(2)13(16(20)21)9-18-15(19)14-8-17-7-11-5-3-4-6-12(11)14/h3-6,10,13-14,17H,7-9H2,1-2H3,(H,18,19)(H,20,21). The summed E-state index contributed by atoms with van der Waals surface area (Å²) in [5, 5.41) is 15.2. The van der Waals surface area contributed by atoms with Crippen molar-refractivity contribution in [2.45, 2.75) is 26.3 Å². The fourth-order valence-electron chi connectivity index (χ4n) is 2.67. The van der Waals surface area contributed by atoms with Gasteiger partial charge in [0.05, 0.1) is 11.8 Å². The van der Waals surface area contributed by atoms with Gasteiger partial charge in [-0.3, -0.25) is 9.59 Å². The van der Waals surface area contributed by atoms with Gasteiger partial charge in [0.15, 0.2) is 0 Å². The van der Waals surface area contributed by atoms with Crippen LogP contribution in [0.2, 0.25) is 0 Å². The first-order valence-corrected chi connectivity index (χ1v) is 7.29. The average molecular weight is 290 g/mol. The summed E-state index contributed by atoms with van der Waals surface area (Å²) >= 11 is 0. The summed E-state index contributed by atoms with van der Waals surface area (Å²) < 4.78 is 0. The van der Waals surface area contributed by atoms with E-state index in [9.17, 15) is 9.59 Å². The SMILES string of the molecule is CC(C)C(CNC(=O)C1CNCc2ccccc21)C(=O)O. The highest BCUT2D eigenvalue weighted by Crippen LogP contribution is 2.24. The highest BCUT2D eigenvalue weighted by Gasteiger charge is 2.28. The van der Waals surface area contributed by atoms with Gasteiger partial charge in [-0.1, -0.05) is 38.1 Å². The predicted molar refractivity (Wildman–Crippen MR) is 79.9 cm³/mol. The molecule has 0 aromatic heterocycles. The van der Waals surface area contributed by atoms with Crippen molar-refractivity contribution in [3.8, 4) is 0 Å². The van der Waals surface area contributed by atoms with Gasteiger partial charge in [0.2, 0.25) is 5.91 Å². The minimum absolute atomic E-state index is 0.0143. The highest BCUT2D eigenvalue weighted by atomic mass is 16.4. The van der Waals surface area contributed by atoms with Crippen LogP contribution in [0.1, 0.15) is 30.9 Å². The zero-order valence-corrected chi connectivity index (χ0v) is 12.4. The second kappa shape index (κ2) is 6.72. The quantitative estimate of drug-likeness (QED) is 0.765. The van der Waals surface area contributed by atoms with Crippen LogP contribution >= 0.6 is 0 Å². The molecule has 0 saturated heterocycles. The Kier molecular flexibility index (Phi) is 4.96. The molecule has 5 heteroatoms. The Bertz CT molecular complexity index is 528. The second-order valence-electron chi connectivity index (χ2n) is 5.82. The van der Waals surface area contributed by atoms with Crippen molar-refractivity contribution in [1.82, 2.24) is 10.6 Å². The van der Waals surface area contributed by atoms with Crippen LogP contribution in [-0.2, 0) is 16.1 Å². The van der Waals surface area contributed by atoms with Crippen molar-refractivity contribution >= 4 is 11.9 Å². The van der Waals surface area contributed by atoms with Crippen LogP contribution in [-0.4, -0.2) is 30.1 Å². The molecular weight excluding hydrogens is 268 g/mol. The van der Waals surface area contributed by atoms with E-state index in [-0.39, 0.29) is 24.3 Å². The maximum absolute atomic E-state index is 12.4. The summed E-state index contributed by atoms with van der Waals surface area (Å²) in [6, 6.07) is 7.87. The molecule has 2 atom stereocenters. The molecule has 0 saturated carbocycles. The normalized spacial score (nSPS) is 18.9. The predicted octanol–water partition coefficient (Wildman–Crippen LogP) is 1.35. The molecule has 0 fully saturated rings. The van der Waals surface area contributed by atoms with Crippen LogP contribution < -0.4 is 10.6 Å². The molecule has 1 aromatic rings. The van der Waals surface area contributed by atoms with Crippen molar-refractivity contribution in [1.29, 1.82) is 0 Å². The minimum Gasteiger partial charge on any atom is -0.481 e. The maximum Gasteiger partial charge on any atom is 0.308 e. The molecule has 0 radical (unpaired) electrons. The van der Waals surface area contributed by atoms with E-state index in [0.29, 0.717) is 6.54 Å². The first kappa shape index (κ1) is 15.5. The van der Waals surface area contributed by atoms with E-state index in [4.69, 9.17) is 5.11 Å². The van der Waals surface area contributed by atoms with Crippen LogP contribution in [0, 0.1) is 11.8 Å². The van der Waals surface area contributed by atoms with Crippen LogP contribution in [0.5, 0.6) is 0 Å². The number of carboxylic acids is 1. The lowest BCUT2D eigenvalue weighted by atomic mass is 9.89. The maximum atomic E-state index is 12.4. The smallest absolute Gasteiger partial charge is 0.308 e. The van der Waals surface area contributed by atoms with E-state index < -0.39 is 11.9 Å². The van der Waals surface area contributed by atoms with Gasteiger partial charge < -0.3 is 15.7 Å². The molecule has 1 aliphatic rings. The monoisotopic (exact) mass is 290 g/mol. The molecule has 0 spiro atoms. The number of hydrogen-bond acceptors (Lipinski definition) is 3. The van der Waals surface area contributed by atoms with Crippen molar-refractivity contribution in [3.05, 3.63) is 35.4 Å². The first-order valence-electron chi connectivity index (χ1n) is 7.29. The number of amides is 1. The van der Waals surface area contributed by atoms with Crippen molar-refractivity contribution < 1.29 is 14.7 Å². The fourth-order valence-corrected chi connectivity index (χ4v) is 2.67. The Hall–Kier alpha value is -1.88. The Labute approximate surface area is 124 Å². The molecular formula is C16H22N2O3. The lowest BCUT2D eigenvalue weighted by molar-refractivity contribution is -0.143. The van der Waals surface area contributed by atoms with Gasteiger partial charge in [0, 0.05) is 19.6 Å². The number of carbonyl (C=O) groups is 2. The molecule has 114 valence electrons. The van der Waals surface area contributed by atoms with Crippen LogP contribution in [0.4, 0.5) is 0 Å². The summed E-state index contributed by atoms with van der Waals surface area (Å²) in [4.78, 5) is 23.5. The summed E-state index contributed by atoms with van der Waals surface area (Å²) in [7, 11) is 0. The molecule has 3 N–H and O–H groups in total. The first-order chi connectivity index (χ1) is 10.0. The second-order valence-corrected chi connectivity index (χ2v) is 5.82. The van der Waals surface area contributed by atoms with E-state index in [2.05, 4.69) is 10.6 Å². The van der Waals surface area contributed by atoms with Gasteiger partial charge in [-0.05, 0) is 17.0 Å². The topological polar surface area (TPSA) is 78.4 Å². The Balaban J connectivity index is 2.03. The van der Waals surface area contributed by atoms with E-state index >= 15 is 0 Å². The van der Waals surface area contributed by atoms with Gasteiger partial charge in [0.1, 0.15) is 0 Å². The third kappa shape index (κ3) is 3.61. The zero-order valence-electron chi connectivity index (χ0n) is 12.4. The fraction of sp³-hybridized carbons (Fsp3) is 0.500. The molecule has 1 aliphatic heterocycles. The number of benzene rings is 1. The molecule has 0 aliphatic carbocycles. The zero-order chi connectivity index (χ0) is 15.4. The van der Waals surface area contributed by atoms with E-state index in [1.54, 1.807) is 0 Å². The van der Waals surface area contributed by atoms with Crippen LogP contribution in [0.3, 0.4) is 0 Å². The van der Waals surface area contributed by atoms with Gasteiger partial charge in [0.25, 0.3) is 0 Å². The van der Waals surface area contributed by atoms with E-state index in [0.717, 1.165) is 17.7 Å². The van der Waals surface area contributed by atoms with Crippen molar-refractivity contribution in [2.75, 3.05) is 13.1 Å². The van der Waals surface area contributed by atoms with Crippen LogP contribution in [0.15, 0.2) is 24.3 Å². The number of rotatable bonds is 5. The number of carboxylic acid groups (broad SMARTS) is 1. The molecule has 1 heterocycles. The molecule has 1 aromatic carbocycles. The Morgan fingerprint density at radius 1 is 1.38 bits per heavy atom. The minimum atomic E-state index is -0.868. The number of aliphatic carboxylic acids is 1. The highest BCUT2D eigenvalue weighted by molar-refractivity contribution is 5.85. The van der Waals surface area contributed by atoms with Crippen molar-refractivity contribution in [3.63, 3.8) is 0 Å². The van der Waals surface area contributed by atoms with E-state index in [1.807, 2.05) is 38.1 Å². The molecule has 5 nitrogen and oxygen atoms in total. The third-order valence-electron chi connectivity index (χ3n) is 4.03. The number of carbonyl (C=O) groups excluding carboxylic acids is 1. The number of nitrogens with one attached hydrogen (secondary N) is 2. The average Bonchev–Trinajstić information content (AvgIpc) is 2.46. The number of fused-ring (bicyclic) bond motifs is 1. The van der Waals surface area contributed by atoms with Gasteiger partial charge in [-0.15, -0.1) is 0 Å². The largest absolute Gasteiger partial charge is 0.481 e. The van der Waals surface area contributed by atoms with E-state index in [1.165, 1.54) is 0 Å². The lowest BCUT2D eigenvalue weighted by Crippen LogP contribution is -2.42. The number of hydrogen-bond donors (Lipinski definition) is 3.